The first-order chi connectivity index (χ1) is 11.1. The van der Waals surface area contributed by atoms with E-state index in [0.29, 0.717) is 19.0 Å². The minimum absolute atomic E-state index is 0.104. The summed E-state index contributed by atoms with van der Waals surface area (Å²) in [6.07, 6.45) is 2.82. The van der Waals surface area contributed by atoms with E-state index in [1.54, 1.807) is 0 Å². The molecule has 1 aliphatic rings. The molecule has 2 aromatic rings. The van der Waals surface area contributed by atoms with Gasteiger partial charge in [-0.25, -0.2) is 4.68 Å². The first-order valence-electron chi connectivity index (χ1n) is 8.25. The lowest BCUT2D eigenvalue weighted by Gasteiger charge is -2.13. The highest BCUT2D eigenvalue weighted by Gasteiger charge is 2.17. The summed E-state index contributed by atoms with van der Waals surface area (Å²) in [5.74, 6) is 0.104. The zero-order valence-corrected chi connectivity index (χ0v) is 13.8. The fraction of sp³-hybridized carbons (Fsp3) is 0.444. The van der Waals surface area contributed by atoms with E-state index in [4.69, 9.17) is 0 Å². The number of amides is 1. The molecule has 1 unspecified atom stereocenters. The average Bonchev–Trinajstić information content (AvgIpc) is 3.15. The number of carbonyl (C=O) groups excluding carboxylic acids is 1. The average molecular weight is 312 g/mol. The van der Waals surface area contributed by atoms with Crippen molar-refractivity contribution in [2.45, 2.75) is 45.7 Å². The molecular formula is C18H24N4O. The molecule has 1 saturated heterocycles. The van der Waals surface area contributed by atoms with Gasteiger partial charge < -0.3 is 10.6 Å². The Balaban J connectivity index is 1.68. The lowest BCUT2D eigenvalue weighted by Crippen LogP contribution is -2.31. The molecule has 1 amide bonds. The van der Waals surface area contributed by atoms with Crippen LogP contribution in [0.25, 0.3) is 5.69 Å². The Morgan fingerprint density at radius 1 is 1.39 bits per heavy atom. The van der Waals surface area contributed by atoms with Gasteiger partial charge in [-0.1, -0.05) is 18.2 Å². The van der Waals surface area contributed by atoms with Crippen LogP contribution in [-0.2, 0) is 11.3 Å². The van der Waals surface area contributed by atoms with E-state index in [-0.39, 0.29) is 5.91 Å². The molecule has 1 fully saturated rings. The van der Waals surface area contributed by atoms with E-state index in [0.717, 1.165) is 35.6 Å². The lowest BCUT2D eigenvalue weighted by molar-refractivity contribution is -0.121. The third-order valence-electron chi connectivity index (χ3n) is 4.30. The van der Waals surface area contributed by atoms with Crippen molar-refractivity contribution in [3.63, 3.8) is 0 Å². The van der Waals surface area contributed by atoms with Crippen molar-refractivity contribution >= 4 is 5.91 Å². The Morgan fingerprint density at radius 2 is 2.22 bits per heavy atom. The van der Waals surface area contributed by atoms with Crippen LogP contribution in [0.4, 0.5) is 0 Å². The SMILES string of the molecule is Cc1cc(C)n(-c2ccccc2CNC(=O)CC2CCCN2)n1. The smallest absolute Gasteiger partial charge is 0.221 e. The van der Waals surface area contributed by atoms with Crippen LogP contribution >= 0.6 is 0 Å². The van der Waals surface area contributed by atoms with Gasteiger partial charge in [0.05, 0.1) is 11.4 Å². The quantitative estimate of drug-likeness (QED) is 0.890. The number of nitrogens with one attached hydrogen (secondary N) is 2. The van der Waals surface area contributed by atoms with Crippen LogP contribution in [0.5, 0.6) is 0 Å². The van der Waals surface area contributed by atoms with E-state index >= 15 is 0 Å². The number of benzene rings is 1. The third kappa shape index (κ3) is 3.79. The summed E-state index contributed by atoms with van der Waals surface area (Å²) >= 11 is 0. The minimum Gasteiger partial charge on any atom is -0.352 e. The van der Waals surface area contributed by atoms with Gasteiger partial charge in [0.2, 0.25) is 5.91 Å². The molecular weight excluding hydrogens is 288 g/mol. The number of nitrogens with zero attached hydrogens (tertiary/aromatic N) is 2. The summed E-state index contributed by atoms with van der Waals surface area (Å²) in [6.45, 7) is 5.59. The third-order valence-corrected chi connectivity index (χ3v) is 4.30. The molecule has 122 valence electrons. The van der Waals surface area contributed by atoms with Crippen LogP contribution in [0.3, 0.4) is 0 Å². The maximum absolute atomic E-state index is 12.1. The van der Waals surface area contributed by atoms with Crippen LogP contribution in [0.15, 0.2) is 30.3 Å². The molecule has 0 bridgehead atoms. The number of hydrogen-bond acceptors (Lipinski definition) is 3. The normalized spacial score (nSPS) is 17.4. The summed E-state index contributed by atoms with van der Waals surface area (Å²) < 4.78 is 1.94. The fourth-order valence-electron chi connectivity index (χ4n) is 3.16. The van der Waals surface area contributed by atoms with Crippen LogP contribution in [0.1, 0.15) is 36.2 Å². The molecule has 2 N–H and O–H groups in total. The maximum Gasteiger partial charge on any atom is 0.221 e. The summed E-state index contributed by atoms with van der Waals surface area (Å²) in [7, 11) is 0. The van der Waals surface area contributed by atoms with E-state index < -0.39 is 0 Å². The molecule has 1 aliphatic heterocycles. The number of rotatable bonds is 5. The zero-order chi connectivity index (χ0) is 16.2. The molecule has 0 aliphatic carbocycles. The Bertz CT molecular complexity index is 686. The van der Waals surface area contributed by atoms with Crippen molar-refractivity contribution in [1.29, 1.82) is 0 Å². The Hall–Kier alpha value is -2.14. The molecule has 5 nitrogen and oxygen atoms in total. The van der Waals surface area contributed by atoms with E-state index in [1.807, 2.05) is 42.8 Å². The lowest BCUT2D eigenvalue weighted by atomic mass is 10.1. The first kappa shape index (κ1) is 15.7. The molecule has 1 aromatic carbocycles. The second-order valence-electron chi connectivity index (χ2n) is 6.24. The minimum atomic E-state index is 0.104. The summed E-state index contributed by atoms with van der Waals surface area (Å²) in [4.78, 5) is 12.1. The van der Waals surface area contributed by atoms with Gasteiger partial charge in [-0.3, -0.25) is 4.79 Å². The molecule has 0 radical (unpaired) electrons. The van der Waals surface area contributed by atoms with Crippen LogP contribution < -0.4 is 10.6 Å². The number of hydrogen-bond donors (Lipinski definition) is 2. The second-order valence-corrected chi connectivity index (χ2v) is 6.24. The molecule has 0 spiro atoms. The van der Waals surface area contributed by atoms with Gasteiger partial charge in [-0.2, -0.15) is 5.10 Å². The molecule has 1 atom stereocenters. The van der Waals surface area contributed by atoms with E-state index in [9.17, 15) is 4.79 Å². The fourth-order valence-corrected chi connectivity index (χ4v) is 3.16. The van der Waals surface area contributed by atoms with Crippen LogP contribution in [-0.4, -0.2) is 28.3 Å². The first-order valence-corrected chi connectivity index (χ1v) is 8.25. The van der Waals surface area contributed by atoms with Gasteiger partial charge in [-0.05, 0) is 50.9 Å². The molecule has 23 heavy (non-hydrogen) atoms. The summed E-state index contributed by atoms with van der Waals surface area (Å²) in [5.41, 5.74) is 4.19. The van der Waals surface area contributed by atoms with Crippen LogP contribution in [0.2, 0.25) is 0 Å². The van der Waals surface area contributed by atoms with E-state index in [1.165, 1.54) is 6.42 Å². The highest BCUT2D eigenvalue weighted by Crippen LogP contribution is 2.17. The van der Waals surface area contributed by atoms with Crippen molar-refractivity contribution in [3.8, 4) is 5.69 Å². The number of aryl methyl sites for hydroxylation is 2. The van der Waals surface area contributed by atoms with Gasteiger partial charge in [-0.15, -0.1) is 0 Å². The van der Waals surface area contributed by atoms with Gasteiger partial charge in [0, 0.05) is 24.7 Å². The zero-order valence-electron chi connectivity index (χ0n) is 13.8. The van der Waals surface area contributed by atoms with E-state index in [2.05, 4.69) is 21.8 Å². The highest BCUT2D eigenvalue weighted by molar-refractivity contribution is 5.76. The van der Waals surface area contributed by atoms with Gasteiger partial charge in [0.25, 0.3) is 0 Å². The number of para-hydroxylation sites is 1. The van der Waals surface area contributed by atoms with Crippen molar-refractivity contribution < 1.29 is 4.79 Å². The largest absolute Gasteiger partial charge is 0.352 e. The van der Waals surface area contributed by atoms with Crippen molar-refractivity contribution in [2.24, 2.45) is 0 Å². The van der Waals surface area contributed by atoms with Crippen molar-refractivity contribution in [3.05, 3.63) is 47.3 Å². The summed E-state index contributed by atoms with van der Waals surface area (Å²) in [5, 5.41) is 10.9. The van der Waals surface area contributed by atoms with Gasteiger partial charge >= 0.3 is 0 Å². The standard InChI is InChI=1S/C18H24N4O/c1-13-10-14(2)22(21-13)17-8-4-3-6-15(17)12-20-18(23)11-16-7-5-9-19-16/h3-4,6,8,10,16,19H,5,7,9,11-12H2,1-2H3,(H,20,23). The Labute approximate surface area is 137 Å². The Kier molecular flexibility index (Phi) is 4.76. The molecule has 3 rings (SSSR count). The molecule has 5 heteroatoms. The van der Waals surface area contributed by atoms with Gasteiger partial charge in [0.15, 0.2) is 0 Å². The van der Waals surface area contributed by atoms with Crippen molar-refractivity contribution in [1.82, 2.24) is 20.4 Å². The topological polar surface area (TPSA) is 59.0 Å². The monoisotopic (exact) mass is 312 g/mol. The molecule has 0 saturated carbocycles. The molecule has 2 heterocycles. The number of carbonyl (C=O) groups is 1. The summed E-state index contributed by atoms with van der Waals surface area (Å²) in [6, 6.07) is 10.5. The predicted octanol–water partition coefficient (Wildman–Crippen LogP) is 2.25. The maximum atomic E-state index is 12.1. The number of aromatic nitrogens is 2. The van der Waals surface area contributed by atoms with Gasteiger partial charge in [0.1, 0.15) is 0 Å². The highest BCUT2D eigenvalue weighted by atomic mass is 16.1. The predicted molar refractivity (Wildman–Crippen MR) is 90.5 cm³/mol. The second kappa shape index (κ2) is 6.96. The van der Waals surface area contributed by atoms with Crippen molar-refractivity contribution in [2.75, 3.05) is 6.54 Å². The molecule has 1 aromatic heterocycles. The van der Waals surface area contributed by atoms with Crippen LogP contribution in [0, 0.1) is 13.8 Å². The Morgan fingerprint density at radius 3 is 2.91 bits per heavy atom.